The highest BCUT2D eigenvalue weighted by Crippen LogP contribution is 2.27. The Balaban J connectivity index is 1.75. The van der Waals surface area contributed by atoms with Crippen LogP contribution in [0.5, 0.6) is 0 Å². The van der Waals surface area contributed by atoms with Gasteiger partial charge in [-0.1, -0.05) is 35.2 Å². The van der Waals surface area contributed by atoms with Crippen LogP contribution in [0.15, 0.2) is 28.6 Å². The highest BCUT2D eigenvalue weighted by atomic mass is 32.2. The standard InChI is InChI=1S/C16H21N5O2S2/c1-10(2)18-13(22)8-17-14(23)9-24-16-21-20-15(25-16)19-12-6-4-5-11(3)7-12/h4-7,10H,8-9H2,1-3H3,(H,17,23)(H,18,22)(H,19,20). The van der Waals surface area contributed by atoms with Crippen molar-refractivity contribution < 1.29 is 9.59 Å². The summed E-state index contributed by atoms with van der Waals surface area (Å²) in [7, 11) is 0. The molecule has 134 valence electrons. The van der Waals surface area contributed by atoms with Crippen molar-refractivity contribution in [2.24, 2.45) is 0 Å². The van der Waals surface area contributed by atoms with E-state index in [4.69, 9.17) is 0 Å². The minimum Gasteiger partial charge on any atom is -0.352 e. The first-order chi connectivity index (χ1) is 11.9. The lowest BCUT2D eigenvalue weighted by Gasteiger charge is -2.08. The van der Waals surface area contributed by atoms with Gasteiger partial charge in [-0.2, -0.15) is 0 Å². The van der Waals surface area contributed by atoms with Gasteiger partial charge in [-0.25, -0.2) is 0 Å². The minimum atomic E-state index is -0.215. The summed E-state index contributed by atoms with van der Waals surface area (Å²) in [4.78, 5) is 23.2. The first kappa shape index (κ1) is 19.2. The molecule has 0 aliphatic rings. The number of rotatable bonds is 8. The minimum absolute atomic E-state index is 0.0200. The third-order valence-electron chi connectivity index (χ3n) is 2.90. The molecule has 0 saturated heterocycles. The number of amides is 2. The summed E-state index contributed by atoms with van der Waals surface area (Å²) in [6.45, 7) is 5.74. The molecule has 1 heterocycles. The Morgan fingerprint density at radius 2 is 2.04 bits per heavy atom. The second-order valence-corrected chi connectivity index (χ2v) is 7.86. The highest BCUT2D eigenvalue weighted by molar-refractivity contribution is 8.01. The van der Waals surface area contributed by atoms with Crippen LogP contribution in [0, 0.1) is 6.92 Å². The molecule has 0 fully saturated rings. The van der Waals surface area contributed by atoms with E-state index in [1.807, 2.05) is 45.0 Å². The number of nitrogens with zero attached hydrogens (tertiary/aromatic N) is 2. The summed E-state index contributed by atoms with van der Waals surface area (Å²) in [6.07, 6.45) is 0. The number of thioether (sulfide) groups is 1. The molecule has 25 heavy (non-hydrogen) atoms. The van der Waals surface area contributed by atoms with Crippen LogP contribution in [0.4, 0.5) is 10.8 Å². The van der Waals surface area contributed by atoms with Gasteiger partial charge in [0.1, 0.15) is 0 Å². The summed E-state index contributed by atoms with van der Waals surface area (Å²) in [5.41, 5.74) is 2.10. The summed E-state index contributed by atoms with van der Waals surface area (Å²) in [5, 5.41) is 17.3. The average molecular weight is 380 g/mol. The Bertz CT molecular complexity index is 733. The number of benzene rings is 1. The van der Waals surface area contributed by atoms with Gasteiger partial charge in [0.15, 0.2) is 4.34 Å². The Morgan fingerprint density at radius 1 is 1.24 bits per heavy atom. The molecule has 1 aromatic heterocycles. The Labute approximate surface area is 155 Å². The topological polar surface area (TPSA) is 96.0 Å². The maximum atomic E-state index is 11.8. The third kappa shape index (κ3) is 7.10. The van der Waals surface area contributed by atoms with Gasteiger partial charge in [0.2, 0.25) is 16.9 Å². The Hall–Kier alpha value is -2.13. The van der Waals surface area contributed by atoms with Crippen LogP contribution in [-0.4, -0.2) is 40.4 Å². The van der Waals surface area contributed by atoms with Crippen molar-refractivity contribution in [2.75, 3.05) is 17.6 Å². The molecule has 0 aliphatic carbocycles. The third-order valence-corrected chi connectivity index (χ3v) is 4.87. The van der Waals surface area contributed by atoms with Crippen LogP contribution in [0.3, 0.4) is 0 Å². The smallest absolute Gasteiger partial charge is 0.239 e. The van der Waals surface area contributed by atoms with Crippen LogP contribution in [0.1, 0.15) is 19.4 Å². The molecule has 0 bridgehead atoms. The molecule has 0 spiro atoms. The molecular weight excluding hydrogens is 358 g/mol. The van der Waals surface area contributed by atoms with Gasteiger partial charge in [0.25, 0.3) is 0 Å². The molecule has 7 nitrogen and oxygen atoms in total. The van der Waals surface area contributed by atoms with E-state index in [0.717, 1.165) is 11.3 Å². The quantitative estimate of drug-likeness (QED) is 0.609. The van der Waals surface area contributed by atoms with Crippen molar-refractivity contribution in [2.45, 2.75) is 31.2 Å². The van der Waals surface area contributed by atoms with Crippen molar-refractivity contribution in [1.29, 1.82) is 0 Å². The summed E-state index contributed by atoms with van der Waals surface area (Å²) < 4.78 is 0.692. The van der Waals surface area contributed by atoms with Gasteiger partial charge in [0, 0.05) is 11.7 Å². The molecule has 2 amide bonds. The molecule has 2 rings (SSSR count). The van der Waals surface area contributed by atoms with Crippen molar-refractivity contribution in [1.82, 2.24) is 20.8 Å². The fourth-order valence-corrected chi connectivity index (χ4v) is 3.50. The molecule has 0 unspecified atom stereocenters. The summed E-state index contributed by atoms with van der Waals surface area (Å²) in [6, 6.07) is 8.01. The Morgan fingerprint density at radius 3 is 2.76 bits per heavy atom. The van der Waals surface area contributed by atoms with E-state index in [1.54, 1.807) is 0 Å². The lowest BCUT2D eigenvalue weighted by atomic mass is 10.2. The van der Waals surface area contributed by atoms with Gasteiger partial charge in [-0.3, -0.25) is 9.59 Å². The number of hydrogen-bond donors (Lipinski definition) is 3. The predicted molar refractivity (Wildman–Crippen MR) is 101 cm³/mol. The van der Waals surface area contributed by atoms with E-state index in [-0.39, 0.29) is 30.2 Å². The molecule has 0 atom stereocenters. The molecule has 9 heteroatoms. The van der Waals surface area contributed by atoms with Crippen LogP contribution in [0.25, 0.3) is 0 Å². The second kappa shape index (κ2) is 9.38. The van der Waals surface area contributed by atoms with E-state index in [0.29, 0.717) is 9.47 Å². The molecule has 1 aromatic carbocycles. The van der Waals surface area contributed by atoms with Gasteiger partial charge in [-0.05, 0) is 38.5 Å². The predicted octanol–water partition coefficient (Wildman–Crippen LogP) is 2.32. The van der Waals surface area contributed by atoms with Crippen LogP contribution >= 0.6 is 23.1 Å². The first-order valence-corrected chi connectivity index (χ1v) is 9.58. The molecule has 0 radical (unpaired) electrons. The Kier molecular flexibility index (Phi) is 7.20. The zero-order valence-electron chi connectivity index (χ0n) is 14.3. The van der Waals surface area contributed by atoms with Gasteiger partial charge in [-0.15, -0.1) is 10.2 Å². The van der Waals surface area contributed by atoms with Crippen LogP contribution < -0.4 is 16.0 Å². The molecule has 0 saturated carbocycles. The lowest BCUT2D eigenvalue weighted by Crippen LogP contribution is -2.40. The first-order valence-electron chi connectivity index (χ1n) is 7.78. The van der Waals surface area contributed by atoms with E-state index >= 15 is 0 Å². The number of carbonyl (C=O) groups is 2. The van der Waals surface area contributed by atoms with Crippen LogP contribution in [0.2, 0.25) is 0 Å². The lowest BCUT2D eigenvalue weighted by molar-refractivity contribution is -0.125. The molecular formula is C16H21N5O2S2. The number of anilines is 2. The molecule has 3 N–H and O–H groups in total. The zero-order chi connectivity index (χ0) is 18.2. The summed E-state index contributed by atoms with van der Waals surface area (Å²) >= 11 is 2.67. The van der Waals surface area contributed by atoms with E-state index in [1.165, 1.54) is 23.1 Å². The maximum absolute atomic E-state index is 11.8. The van der Waals surface area contributed by atoms with Crippen molar-refractivity contribution in [3.05, 3.63) is 29.8 Å². The number of aryl methyl sites for hydroxylation is 1. The monoisotopic (exact) mass is 379 g/mol. The molecule has 0 aliphatic heterocycles. The fraction of sp³-hybridized carbons (Fsp3) is 0.375. The maximum Gasteiger partial charge on any atom is 0.239 e. The average Bonchev–Trinajstić information content (AvgIpc) is 2.98. The highest BCUT2D eigenvalue weighted by Gasteiger charge is 2.10. The largest absolute Gasteiger partial charge is 0.352 e. The molecule has 2 aromatic rings. The number of hydrogen-bond acceptors (Lipinski definition) is 7. The number of aromatic nitrogens is 2. The van der Waals surface area contributed by atoms with Gasteiger partial charge >= 0.3 is 0 Å². The second-order valence-electron chi connectivity index (χ2n) is 5.66. The zero-order valence-corrected chi connectivity index (χ0v) is 16.0. The van der Waals surface area contributed by atoms with Crippen molar-refractivity contribution >= 4 is 45.7 Å². The van der Waals surface area contributed by atoms with E-state index in [2.05, 4.69) is 26.1 Å². The van der Waals surface area contributed by atoms with E-state index < -0.39 is 0 Å². The number of nitrogens with one attached hydrogen (secondary N) is 3. The SMILES string of the molecule is Cc1cccc(Nc2nnc(SCC(=O)NCC(=O)NC(C)C)s2)c1. The van der Waals surface area contributed by atoms with Gasteiger partial charge in [0.05, 0.1) is 12.3 Å². The van der Waals surface area contributed by atoms with Crippen molar-refractivity contribution in [3.63, 3.8) is 0 Å². The van der Waals surface area contributed by atoms with Crippen LogP contribution in [-0.2, 0) is 9.59 Å². The van der Waals surface area contributed by atoms with Gasteiger partial charge < -0.3 is 16.0 Å². The number of carbonyl (C=O) groups excluding carboxylic acids is 2. The van der Waals surface area contributed by atoms with Crippen molar-refractivity contribution in [3.8, 4) is 0 Å². The summed E-state index contributed by atoms with van der Waals surface area (Å²) in [5.74, 6) is -0.227. The van der Waals surface area contributed by atoms with E-state index in [9.17, 15) is 9.59 Å². The fourth-order valence-electron chi connectivity index (χ4n) is 1.90. The normalized spacial score (nSPS) is 10.6.